The Morgan fingerprint density at radius 2 is 1.79 bits per heavy atom. The van der Waals surface area contributed by atoms with Crippen molar-refractivity contribution in [2.24, 2.45) is 5.14 Å². The van der Waals surface area contributed by atoms with E-state index in [1.165, 1.54) is 24.3 Å². The fourth-order valence-corrected chi connectivity index (χ4v) is 3.89. The Kier molecular flexibility index (Phi) is 4.20. The minimum atomic E-state index is -4.71. The molecule has 0 amide bonds. The summed E-state index contributed by atoms with van der Waals surface area (Å²) in [5.74, 6) is 0.563. The summed E-state index contributed by atoms with van der Waals surface area (Å²) >= 11 is 0. The molecule has 2 aromatic carbocycles. The number of hydrogen-bond acceptors (Lipinski definition) is 4. The highest BCUT2D eigenvalue weighted by atomic mass is 32.2. The molecule has 2 heterocycles. The molecule has 1 unspecified atom stereocenters. The van der Waals surface area contributed by atoms with Crippen LogP contribution in [-0.2, 0) is 22.6 Å². The quantitative estimate of drug-likeness (QED) is 0.720. The minimum Gasteiger partial charge on any atom is -0.483 e. The Hall–Kier alpha value is -2.85. The van der Waals surface area contributed by atoms with Crippen molar-refractivity contribution in [3.63, 3.8) is 0 Å². The lowest BCUT2D eigenvalue weighted by molar-refractivity contribution is -0.141. The molecule has 0 fully saturated rings. The third-order valence-corrected chi connectivity index (χ3v) is 5.36. The summed E-state index contributed by atoms with van der Waals surface area (Å²) in [5, 5.41) is 8.86. The molecule has 1 aliphatic rings. The molecule has 1 aromatic heterocycles. The predicted molar refractivity (Wildman–Crippen MR) is 93.5 cm³/mol. The molecule has 0 aliphatic carbocycles. The normalized spacial score (nSPS) is 16.6. The number of alkyl halides is 3. The number of ether oxygens (including phenoxy) is 1. The number of para-hydroxylation sites is 2. The van der Waals surface area contributed by atoms with Gasteiger partial charge in [0.1, 0.15) is 16.7 Å². The number of nitrogens with zero attached hydrogens (tertiary/aromatic N) is 2. The summed E-state index contributed by atoms with van der Waals surface area (Å²) in [6.07, 6.45) is -5.13. The number of hydrogen-bond donors (Lipinski definition) is 1. The van der Waals surface area contributed by atoms with E-state index >= 15 is 0 Å². The maximum absolute atomic E-state index is 13.3. The summed E-state index contributed by atoms with van der Waals surface area (Å²) < 4.78 is 70.6. The van der Waals surface area contributed by atoms with E-state index in [0.717, 1.165) is 16.3 Å². The van der Waals surface area contributed by atoms with Crippen molar-refractivity contribution >= 4 is 10.0 Å². The molecular formula is C18H14F3N3O3S. The van der Waals surface area contributed by atoms with Crippen molar-refractivity contribution in [2.75, 3.05) is 0 Å². The molecule has 0 radical (unpaired) electrons. The topological polar surface area (TPSA) is 87.2 Å². The van der Waals surface area contributed by atoms with Crippen molar-refractivity contribution < 1.29 is 26.3 Å². The fourth-order valence-electron chi connectivity index (χ4n) is 3.18. The minimum absolute atomic E-state index is 0.0740. The zero-order chi connectivity index (χ0) is 20.1. The van der Waals surface area contributed by atoms with Gasteiger partial charge in [-0.1, -0.05) is 30.3 Å². The van der Waals surface area contributed by atoms with E-state index in [0.29, 0.717) is 12.2 Å². The van der Waals surface area contributed by atoms with Gasteiger partial charge in [0, 0.05) is 6.42 Å². The van der Waals surface area contributed by atoms with Gasteiger partial charge in [-0.05, 0) is 29.8 Å². The summed E-state index contributed by atoms with van der Waals surface area (Å²) in [7, 11) is -4.18. The van der Waals surface area contributed by atoms with Gasteiger partial charge in [-0.2, -0.15) is 18.3 Å². The number of sulfonamides is 1. The van der Waals surface area contributed by atoms with Crippen LogP contribution < -0.4 is 9.88 Å². The highest BCUT2D eigenvalue weighted by molar-refractivity contribution is 7.89. The Balaban J connectivity index is 1.89. The van der Waals surface area contributed by atoms with Gasteiger partial charge in [0.15, 0.2) is 5.69 Å². The van der Waals surface area contributed by atoms with E-state index in [9.17, 15) is 21.6 Å². The van der Waals surface area contributed by atoms with E-state index in [1.54, 1.807) is 18.2 Å². The number of benzene rings is 2. The molecule has 10 heteroatoms. The van der Waals surface area contributed by atoms with Crippen molar-refractivity contribution in [2.45, 2.75) is 23.6 Å². The van der Waals surface area contributed by atoms with Crippen LogP contribution in [0, 0.1) is 0 Å². The lowest BCUT2D eigenvalue weighted by Crippen LogP contribution is -2.18. The molecule has 3 aromatic rings. The third kappa shape index (κ3) is 3.25. The van der Waals surface area contributed by atoms with Crippen LogP contribution >= 0.6 is 0 Å². The predicted octanol–water partition coefficient (Wildman–Crippen LogP) is 3.21. The van der Waals surface area contributed by atoms with Crippen LogP contribution in [-0.4, -0.2) is 18.2 Å². The Morgan fingerprint density at radius 3 is 2.46 bits per heavy atom. The van der Waals surface area contributed by atoms with Gasteiger partial charge in [-0.15, -0.1) is 0 Å². The maximum atomic E-state index is 13.3. The average Bonchev–Trinajstić information content (AvgIpc) is 3.24. The summed E-state index contributed by atoms with van der Waals surface area (Å²) in [6.45, 7) is 0. The Labute approximate surface area is 158 Å². The molecule has 0 saturated heterocycles. The molecule has 0 bridgehead atoms. The smallest absolute Gasteiger partial charge is 0.435 e. The Morgan fingerprint density at radius 1 is 1.11 bits per heavy atom. The van der Waals surface area contributed by atoms with Crippen molar-refractivity contribution in [1.29, 1.82) is 0 Å². The van der Waals surface area contributed by atoms with Crippen LogP contribution in [0.1, 0.15) is 23.1 Å². The summed E-state index contributed by atoms with van der Waals surface area (Å²) in [5.41, 5.74) is -0.297. The van der Waals surface area contributed by atoms with E-state index in [-0.39, 0.29) is 16.3 Å². The van der Waals surface area contributed by atoms with Gasteiger partial charge < -0.3 is 4.74 Å². The van der Waals surface area contributed by atoms with Crippen LogP contribution in [0.15, 0.2) is 59.5 Å². The van der Waals surface area contributed by atoms with Gasteiger partial charge >= 0.3 is 6.18 Å². The monoisotopic (exact) mass is 409 g/mol. The third-order valence-electron chi connectivity index (χ3n) is 4.40. The maximum Gasteiger partial charge on any atom is 0.435 e. The molecule has 4 rings (SSSR count). The van der Waals surface area contributed by atoms with Crippen LogP contribution in [0.3, 0.4) is 0 Å². The second-order valence-corrected chi connectivity index (χ2v) is 7.82. The van der Waals surface area contributed by atoms with Gasteiger partial charge in [-0.3, -0.25) is 0 Å². The number of nitrogens with two attached hydrogens (primary N) is 1. The van der Waals surface area contributed by atoms with Crippen LogP contribution in [0.5, 0.6) is 5.75 Å². The van der Waals surface area contributed by atoms with Gasteiger partial charge in [0.05, 0.1) is 11.4 Å². The second-order valence-electron chi connectivity index (χ2n) is 6.30. The number of primary sulfonamides is 1. The molecule has 0 saturated carbocycles. The highest BCUT2D eigenvalue weighted by Gasteiger charge is 2.38. The second kappa shape index (κ2) is 6.35. The standard InChI is InChI=1S/C18H14F3N3O3S/c19-18(20,21)17-10-13(15-9-11-5-1-3-7-14(11)27-15)24(23-17)12-6-2-4-8-16(12)28(22,25)26/h1-8,10,15H,9H2,(H2,22,25,26). The first-order valence-corrected chi connectivity index (χ1v) is 9.73. The van der Waals surface area contributed by atoms with Crippen molar-refractivity contribution in [3.8, 4) is 11.4 Å². The molecule has 1 atom stereocenters. The largest absolute Gasteiger partial charge is 0.483 e. The fraction of sp³-hybridized carbons (Fsp3) is 0.167. The molecular weight excluding hydrogens is 395 g/mol. The lowest BCUT2D eigenvalue weighted by atomic mass is 10.1. The molecule has 1 aliphatic heterocycles. The van der Waals surface area contributed by atoms with Gasteiger partial charge in [0.25, 0.3) is 0 Å². The summed E-state index contributed by atoms with van der Waals surface area (Å²) in [4.78, 5) is -0.330. The first-order valence-electron chi connectivity index (χ1n) is 8.18. The average molecular weight is 409 g/mol. The van der Waals surface area contributed by atoms with Crippen LogP contribution in [0.25, 0.3) is 5.69 Å². The van der Waals surface area contributed by atoms with E-state index in [4.69, 9.17) is 9.88 Å². The molecule has 146 valence electrons. The summed E-state index contributed by atoms with van der Waals surface area (Å²) in [6, 6.07) is 13.5. The highest BCUT2D eigenvalue weighted by Crippen LogP contribution is 2.39. The van der Waals surface area contributed by atoms with E-state index in [1.807, 2.05) is 6.07 Å². The molecule has 6 nitrogen and oxygen atoms in total. The first kappa shape index (κ1) is 18.5. The van der Waals surface area contributed by atoms with E-state index in [2.05, 4.69) is 5.10 Å². The van der Waals surface area contributed by atoms with E-state index < -0.39 is 28.0 Å². The van der Waals surface area contributed by atoms with Gasteiger partial charge in [-0.25, -0.2) is 18.2 Å². The van der Waals surface area contributed by atoms with Crippen LogP contribution in [0.2, 0.25) is 0 Å². The molecule has 2 N–H and O–H groups in total. The van der Waals surface area contributed by atoms with Gasteiger partial charge in [0.2, 0.25) is 10.0 Å². The number of rotatable bonds is 3. The zero-order valence-electron chi connectivity index (χ0n) is 14.2. The number of aromatic nitrogens is 2. The van der Waals surface area contributed by atoms with Crippen LogP contribution in [0.4, 0.5) is 13.2 Å². The number of halogens is 3. The van der Waals surface area contributed by atoms with Crippen molar-refractivity contribution in [3.05, 3.63) is 71.5 Å². The lowest BCUT2D eigenvalue weighted by Gasteiger charge is -2.15. The molecule has 0 spiro atoms. The zero-order valence-corrected chi connectivity index (χ0v) is 15.0. The SMILES string of the molecule is NS(=O)(=O)c1ccccc1-n1nc(C(F)(F)F)cc1C1Cc2ccccc2O1. The van der Waals surface area contributed by atoms with Crippen molar-refractivity contribution in [1.82, 2.24) is 9.78 Å². The molecule has 28 heavy (non-hydrogen) atoms. The Bertz CT molecular complexity index is 1130. The number of fused-ring (bicyclic) bond motifs is 1. The first-order chi connectivity index (χ1) is 13.1.